The van der Waals surface area contributed by atoms with E-state index in [0.29, 0.717) is 12.0 Å². The highest BCUT2D eigenvalue weighted by molar-refractivity contribution is 4.71. The standard InChI is InChI=1S/C13H30N2O/c1-11(2)7-13(15(4)5)9-14-8-12(3)10-16-6/h11-14H,7-10H2,1-6H3. The van der Waals surface area contributed by atoms with E-state index in [1.165, 1.54) is 6.42 Å². The smallest absolute Gasteiger partial charge is 0.0499 e. The maximum absolute atomic E-state index is 5.12. The second-order valence-corrected chi connectivity index (χ2v) is 5.47. The fraction of sp³-hybridized carbons (Fsp3) is 1.00. The van der Waals surface area contributed by atoms with Crippen LogP contribution in [0.4, 0.5) is 0 Å². The Morgan fingerprint density at radius 1 is 1.12 bits per heavy atom. The molecule has 0 spiro atoms. The molecule has 0 heterocycles. The summed E-state index contributed by atoms with van der Waals surface area (Å²) in [6.07, 6.45) is 1.25. The fourth-order valence-corrected chi connectivity index (χ4v) is 1.86. The molecule has 0 aromatic rings. The zero-order chi connectivity index (χ0) is 12.6. The molecule has 0 fully saturated rings. The molecular weight excluding hydrogens is 200 g/mol. The zero-order valence-electron chi connectivity index (χ0n) is 11.9. The summed E-state index contributed by atoms with van der Waals surface area (Å²) in [5.74, 6) is 1.34. The summed E-state index contributed by atoms with van der Waals surface area (Å²) in [6, 6.07) is 0.634. The first-order chi connectivity index (χ1) is 7.47. The minimum atomic E-state index is 0.590. The number of nitrogens with one attached hydrogen (secondary N) is 1. The molecule has 0 rings (SSSR count). The van der Waals surface area contributed by atoms with Crippen LogP contribution in [0.1, 0.15) is 27.2 Å². The summed E-state index contributed by atoms with van der Waals surface area (Å²) in [7, 11) is 6.08. The van der Waals surface area contributed by atoms with Gasteiger partial charge in [-0.3, -0.25) is 0 Å². The third-order valence-electron chi connectivity index (χ3n) is 2.80. The van der Waals surface area contributed by atoms with Gasteiger partial charge in [0, 0.05) is 26.3 Å². The third-order valence-corrected chi connectivity index (χ3v) is 2.80. The van der Waals surface area contributed by atoms with Crippen molar-refractivity contribution < 1.29 is 4.74 Å². The van der Waals surface area contributed by atoms with Crippen LogP contribution in [0, 0.1) is 11.8 Å². The topological polar surface area (TPSA) is 24.5 Å². The van der Waals surface area contributed by atoms with E-state index >= 15 is 0 Å². The second kappa shape index (κ2) is 8.97. The van der Waals surface area contributed by atoms with E-state index in [0.717, 1.165) is 25.6 Å². The number of ether oxygens (including phenoxy) is 1. The van der Waals surface area contributed by atoms with Gasteiger partial charge in [-0.05, 0) is 38.9 Å². The van der Waals surface area contributed by atoms with Crippen molar-refractivity contribution >= 4 is 0 Å². The molecule has 0 aromatic heterocycles. The minimum absolute atomic E-state index is 0.590. The number of likely N-dealkylation sites (N-methyl/N-ethyl adjacent to an activating group) is 1. The minimum Gasteiger partial charge on any atom is -0.384 e. The van der Waals surface area contributed by atoms with Crippen LogP contribution in [-0.4, -0.2) is 51.8 Å². The fourth-order valence-electron chi connectivity index (χ4n) is 1.86. The molecular formula is C13H30N2O. The largest absolute Gasteiger partial charge is 0.384 e. The van der Waals surface area contributed by atoms with Gasteiger partial charge in [-0.25, -0.2) is 0 Å². The van der Waals surface area contributed by atoms with Gasteiger partial charge in [0.1, 0.15) is 0 Å². The van der Waals surface area contributed by atoms with Crippen molar-refractivity contribution in [3.05, 3.63) is 0 Å². The van der Waals surface area contributed by atoms with Gasteiger partial charge >= 0.3 is 0 Å². The van der Waals surface area contributed by atoms with Gasteiger partial charge in [-0.2, -0.15) is 0 Å². The zero-order valence-corrected chi connectivity index (χ0v) is 11.9. The monoisotopic (exact) mass is 230 g/mol. The number of hydrogen-bond acceptors (Lipinski definition) is 3. The van der Waals surface area contributed by atoms with E-state index < -0.39 is 0 Å². The molecule has 0 bridgehead atoms. The highest BCUT2D eigenvalue weighted by Gasteiger charge is 2.13. The van der Waals surface area contributed by atoms with E-state index in [1.54, 1.807) is 7.11 Å². The second-order valence-electron chi connectivity index (χ2n) is 5.47. The Kier molecular flexibility index (Phi) is 8.90. The predicted molar refractivity (Wildman–Crippen MR) is 70.8 cm³/mol. The molecule has 0 saturated heterocycles. The summed E-state index contributed by atoms with van der Waals surface area (Å²) < 4.78 is 5.12. The molecule has 0 amide bonds. The molecule has 0 aliphatic heterocycles. The van der Waals surface area contributed by atoms with E-state index in [4.69, 9.17) is 4.74 Å². The Hall–Kier alpha value is -0.120. The van der Waals surface area contributed by atoms with Gasteiger partial charge in [0.25, 0.3) is 0 Å². The quantitative estimate of drug-likeness (QED) is 0.654. The molecule has 3 heteroatoms. The van der Waals surface area contributed by atoms with Crippen LogP contribution in [0.5, 0.6) is 0 Å². The van der Waals surface area contributed by atoms with Crippen LogP contribution in [0.15, 0.2) is 0 Å². The molecule has 0 aromatic carbocycles. The lowest BCUT2D eigenvalue weighted by atomic mass is 10.0. The first-order valence-corrected chi connectivity index (χ1v) is 6.33. The number of nitrogens with zero attached hydrogens (tertiary/aromatic N) is 1. The van der Waals surface area contributed by atoms with Gasteiger partial charge in [-0.1, -0.05) is 20.8 Å². The molecule has 0 saturated carbocycles. The lowest BCUT2D eigenvalue weighted by Gasteiger charge is -2.27. The lowest BCUT2D eigenvalue weighted by molar-refractivity contribution is 0.156. The van der Waals surface area contributed by atoms with Crippen LogP contribution >= 0.6 is 0 Å². The maximum Gasteiger partial charge on any atom is 0.0499 e. The number of methoxy groups -OCH3 is 1. The van der Waals surface area contributed by atoms with Crippen molar-refractivity contribution in [2.75, 3.05) is 40.9 Å². The van der Waals surface area contributed by atoms with Crippen LogP contribution in [0.2, 0.25) is 0 Å². The Balaban J connectivity index is 3.76. The van der Waals surface area contributed by atoms with E-state index in [2.05, 4.69) is 45.1 Å². The lowest BCUT2D eigenvalue weighted by Crippen LogP contribution is -2.40. The molecule has 3 nitrogen and oxygen atoms in total. The van der Waals surface area contributed by atoms with E-state index in [-0.39, 0.29) is 0 Å². The van der Waals surface area contributed by atoms with Crippen molar-refractivity contribution in [2.45, 2.75) is 33.2 Å². The Labute approximate surface area is 102 Å². The summed E-state index contributed by atoms with van der Waals surface area (Å²) in [6.45, 7) is 9.72. The van der Waals surface area contributed by atoms with Crippen molar-refractivity contribution in [1.82, 2.24) is 10.2 Å². The number of hydrogen-bond donors (Lipinski definition) is 1. The summed E-state index contributed by atoms with van der Waals surface area (Å²) >= 11 is 0. The normalized spacial score (nSPS) is 15.8. The summed E-state index contributed by atoms with van der Waals surface area (Å²) in [4.78, 5) is 2.31. The van der Waals surface area contributed by atoms with Gasteiger partial charge in [0.05, 0.1) is 0 Å². The van der Waals surface area contributed by atoms with Gasteiger partial charge in [0.2, 0.25) is 0 Å². The molecule has 0 aliphatic rings. The van der Waals surface area contributed by atoms with Crippen LogP contribution in [-0.2, 0) is 4.74 Å². The number of rotatable bonds is 9. The van der Waals surface area contributed by atoms with Gasteiger partial charge in [-0.15, -0.1) is 0 Å². The molecule has 0 radical (unpaired) electrons. The highest BCUT2D eigenvalue weighted by atomic mass is 16.5. The first-order valence-electron chi connectivity index (χ1n) is 6.33. The van der Waals surface area contributed by atoms with Crippen LogP contribution in [0.25, 0.3) is 0 Å². The average molecular weight is 230 g/mol. The average Bonchev–Trinajstić information content (AvgIpc) is 2.15. The van der Waals surface area contributed by atoms with Crippen LogP contribution in [0.3, 0.4) is 0 Å². The van der Waals surface area contributed by atoms with Crippen molar-refractivity contribution in [3.63, 3.8) is 0 Å². The highest BCUT2D eigenvalue weighted by Crippen LogP contribution is 2.08. The first kappa shape index (κ1) is 15.9. The summed E-state index contributed by atoms with van der Waals surface area (Å²) in [5, 5.41) is 3.54. The predicted octanol–water partition coefficient (Wildman–Crippen LogP) is 1.83. The Morgan fingerprint density at radius 3 is 2.19 bits per heavy atom. The van der Waals surface area contributed by atoms with Gasteiger partial charge < -0.3 is 15.0 Å². The summed E-state index contributed by atoms with van der Waals surface area (Å²) in [5.41, 5.74) is 0. The molecule has 1 N–H and O–H groups in total. The van der Waals surface area contributed by atoms with E-state index in [1.807, 2.05) is 0 Å². The Morgan fingerprint density at radius 2 is 1.75 bits per heavy atom. The molecule has 16 heavy (non-hydrogen) atoms. The van der Waals surface area contributed by atoms with Crippen molar-refractivity contribution in [2.24, 2.45) is 11.8 Å². The van der Waals surface area contributed by atoms with Crippen LogP contribution < -0.4 is 5.32 Å². The van der Waals surface area contributed by atoms with Gasteiger partial charge in [0.15, 0.2) is 0 Å². The third kappa shape index (κ3) is 8.08. The molecule has 0 aliphatic carbocycles. The SMILES string of the molecule is COCC(C)CNCC(CC(C)C)N(C)C. The maximum atomic E-state index is 5.12. The Bertz CT molecular complexity index is 160. The molecule has 98 valence electrons. The molecule has 2 unspecified atom stereocenters. The van der Waals surface area contributed by atoms with Crippen molar-refractivity contribution in [1.29, 1.82) is 0 Å². The van der Waals surface area contributed by atoms with Crippen molar-refractivity contribution in [3.8, 4) is 0 Å². The molecule has 2 atom stereocenters. The van der Waals surface area contributed by atoms with E-state index in [9.17, 15) is 0 Å².